The second-order valence-corrected chi connectivity index (χ2v) is 3.62. The summed E-state index contributed by atoms with van der Waals surface area (Å²) < 4.78 is 6.74. The van der Waals surface area contributed by atoms with Crippen LogP contribution in [-0.2, 0) is 9.53 Å². The minimum absolute atomic E-state index is 0.0688. The summed E-state index contributed by atoms with van der Waals surface area (Å²) in [5, 5.41) is 2.74. The number of amides is 1. The molecule has 1 amide bonds. The van der Waals surface area contributed by atoms with Gasteiger partial charge in [-0.3, -0.25) is 4.79 Å². The highest BCUT2D eigenvalue weighted by atomic mass is 16.5. The van der Waals surface area contributed by atoms with E-state index in [1.807, 2.05) is 53.4 Å². The Balaban J connectivity index is 2.06. The molecule has 0 unspecified atom stereocenters. The van der Waals surface area contributed by atoms with Gasteiger partial charge in [-0.15, -0.1) is 0 Å². The van der Waals surface area contributed by atoms with Crippen LogP contribution in [0.4, 0.5) is 5.69 Å². The third kappa shape index (κ3) is 2.95. The smallest absolute Gasteiger partial charge is 0.250 e. The van der Waals surface area contributed by atoms with Crippen LogP contribution < -0.4 is 5.32 Å². The van der Waals surface area contributed by atoms with Crippen molar-refractivity contribution in [3.63, 3.8) is 0 Å². The summed E-state index contributed by atoms with van der Waals surface area (Å²) in [5.41, 5.74) is 1.82. The van der Waals surface area contributed by atoms with Gasteiger partial charge in [-0.05, 0) is 36.4 Å². The Morgan fingerprint density at radius 1 is 1.24 bits per heavy atom. The Labute approximate surface area is 99.8 Å². The second kappa shape index (κ2) is 5.32. The van der Waals surface area contributed by atoms with Crippen molar-refractivity contribution in [2.75, 3.05) is 19.0 Å². The van der Waals surface area contributed by atoms with Gasteiger partial charge in [0.2, 0.25) is 5.91 Å². The van der Waals surface area contributed by atoms with E-state index in [2.05, 4.69) is 5.32 Å². The lowest BCUT2D eigenvalue weighted by atomic mass is 10.2. The largest absolute Gasteiger partial charge is 0.375 e. The normalized spacial score (nSPS) is 10.2. The van der Waals surface area contributed by atoms with Crippen LogP contribution in [-0.4, -0.2) is 24.2 Å². The zero-order valence-electron chi connectivity index (χ0n) is 9.59. The van der Waals surface area contributed by atoms with Crippen LogP contribution in [0.5, 0.6) is 0 Å². The van der Waals surface area contributed by atoms with Crippen molar-refractivity contribution in [2.24, 2.45) is 0 Å². The van der Waals surface area contributed by atoms with E-state index >= 15 is 0 Å². The number of carbonyl (C=O) groups is 1. The molecule has 0 bridgehead atoms. The zero-order chi connectivity index (χ0) is 12.1. The van der Waals surface area contributed by atoms with Gasteiger partial charge in [-0.25, -0.2) is 0 Å². The molecular formula is C13H14N2O2. The monoisotopic (exact) mass is 230 g/mol. The topological polar surface area (TPSA) is 43.3 Å². The molecule has 0 aliphatic carbocycles. The van der Waals surface area contributed by atoms with Gasteiger partial charge in [0.25, 0.3) is 0 Å². The molecule has 1 aromatic heterocycles. The van der Waals surface area contributed by atoms with Crippen LogP contribution in [0, 0.1) is 0 Å². The molecule has 0 saturated carbocycles. The molecule has 0 aliphatic heterocycles. The third-order valence-electron chi connectivity index (χ3n) is 2.33. The van der Waals surface area contributed by atoms with E-state index in [4.69, 9.17) is 4.74 Å². The zero-order valence-corrected chi connectivity index (χ0v) is 9.59. The molecule has 0 saturated heterocycles. The van der Waals surface area contributed by atoms with Crippen LogP contribution in [0.2, 0.25) is 0 Å². The number of anilines is 1. The summed E-state index contributed by atoms with van der Waals surface area (Å²) >= 11 is 0. The van der Waals surface area contributed by atoms with E-state index in [0.29, 0.717) is 0 Å². The molecular weight excluding hydrogens is 216 g/mol. The van der Waals surface area contributed by atoms with Crippen LogP contribution in [0.1, 0.15) is 0 Å². The quantitative estimate of drug-likeness (QED) is 0.873. The van der Waals surface area contributed by atoms with Crippen molar-refractivity contribution >= 4 is 11.6 Å². The van der Waals surface area contributed by atoms with Gasteiger partial charge in [0, 0.05) is 30.9 Å². The summed E-state index contributed by atoms with van der Waals surface area (Å²) in [5.74, 6) is -0.152. The van der Waals surface area contributed by atoms with E-state index in [1.165, 1.54) is 7.11 Å². The fraction of sp³-hybridized carbons (Fsp3) is 0.154. The average molecular weight is 230 g/mol. The Bertz CT molecular complexity index is 475. The maximum Gasteiger partial charge on any atom is 0.250 e. The fourth-order valence-corrected chi connectivity index (χ4v) is 1.55. The van der Waals surface area contributed by atoms with Gasteiger partial charge in [-0.2, -0.15) is 0 Å². The standard InChI is InChI=1S/C13H14N2O2/c1-17-10-13(16)14-11-4-6-12(7-5-11)15-8-2-3-9-15/h2-9H,10H2,1H3,(H,14,16). The van der Waals surface area contributed by atoms with E-state index in [0.717, 1.165) is 11.4 Å². The SMILES string of the molecule is COCC(=O)Nc1ccc(-n2cccc2)cc1. The number of ether oxygens (including phenoxy) is 1. The van der Waals surface area contributed by atoms with Crippen molar-refractivity contribution in [2.45, 2.75) is 0 Å². The van der Waals surface area contributed by atoms with Gasteiger partial charge in [0.05, 0.1) is 0 Å². The van der Waals surface area contributed by atoms with Crippen molar-refractivity contribution in [3.05, 3.63) is 48.8 Å². The maximum atomic E-state index is 11.3. The number of aromatic nitrogens is 1. The van der Waals surface area contributed by atoms with Gasteiger partial charge in [0.1, 0.15) is 6.61 Å². The number of hydrogen-bond acceptors (Lipinski definition) is 2. The molecule has 1 N–H and O–H groups in total. The molecule has 17 heavy (non-hydrogen) atoms. The van der Waals surface area contributed by atoms with Gasteiger partial charge >= 0.3 is 0 Å². The lowest BCUT2D eigenvalue weighted by molar-refractivity contribution is -0.119. The molecule has 88 valence electrons. The molecule has 0 aliphatic rings. The highest BCUT2D eigenvalue weighted by Gasteiger charge is 2.01. The third-order valence-corrected chi connectivity index (χ3v) is 2.33. The summed E-state index contributed by atoms with van der Waals surface area (Å²) in [6.07, 6.45) is 3.94. The molecule has 2 rings (SSSR count). The minimum Gasteiger partial charge on any atom is -0.375 e. The van der Waals surface area contributed by atoms with Gasteiger partial charge in [-0.1, -0.05) is 0 Å². The summed E-state index contributed by atoms with van der Waals surface area (Å²) in [4.78, 5) is 11.3. The Morgan fingerprint density at radius 2 is 1.88 bits per heavy atom. The lowest BCUT2D eigenvalue weighted by Crippen LogP contribution is -2.16. The summed E-state index contributed by atoms with van der Waals surface area (Å²) in [6.45, 7) is 0.0688. The molecule has 0 atom stereocenters. The first-order valence-electron chi connectivity index (χ1n) is 5.32. The number of hydrogen-bond donors (Lipinski definition) is 1. The van der Waals surface area contributed by atoms with E-state index in [-0.39, 0.29) is 12.5 Å². The average Bonchev–Trinajstić information content (AvgIpc) is 2.84. The Morgan fingerprint density at radius 3 is 2.47 bits per heavy atom. The molecule has 4 heteroatoms. The number of nitrogens with zero attached hydrogens (tertiary/aromatic N) is 1. The number of rotatable bonds is 4. The molecule has 1 aromatic carbocycles. The Kier molecular flexibility index (Phi) is 3.57. The first-order valence-corrected chi connectivity index (χ1v) is 5.32. The van der Waals surface area contributed by atoms with Crippen LogP contribution in [0.3, 0.4) is 0 Å². The molecule has 0 fully saturated rings. The van der Waals surface area contributed by atoms with Crippen LogP contribution >= 0.6 is 0 Å². The molecule has 2 aromatic rings. The summed E-state index contributed by atoms with van der Waals surface area (Å²) in [6, 6.07) is 11.6. The molecule has 0 spiro atoms. The van der Waals surface area contributed by atoms with E-state index in [9.17, 15) is 4.79 Å². The van der Waals surface area contributed by atoms with Crippen molar-refractivity contribution in [3.8, 4) is 5.69 Å². The first kappa shape index (κ1) is 11.4. The maximum absolute atomic E-state index is 11.3. The van der Waals surface area contributed by atoms with E-state index < -0.39 is 0 Å². The lowest BCUT2D eigenvalue weighted by Gasteiger charge is -2.06. The number of benzene rings is 1. The predicted octanol–water partition coefficient (Wildman–Crippen LogP) is 2.06. The van der Waals surface area contributed by atoms with Crippen LogP contribution in [0.15, 0.2) is 48.8 Å². The predicted molar refractivity (Wildman–Crippen MR) is 66.3 cm³/mol. The second-order valence-electron chi connectivity index (χ2n) is 3.62. The summed E-state index contributed by atoms with van der Waals surface area (Å²) in [7, 11) is 1.49. The molecule has 1 heterocycles. The number of methoxy groups -OCH3 is 1. The Hall–Kier alpha value is -2.07. The van der Waals surface area contributed by atoms with Gasteiger partial charge in [0.15, 0.2) is 0 Å². The highest BCUT2D eigenvalue weighted by Crippen LogP contribution is 2.13. The van der Waals surface area contributed by atoms with E-state index in [1.54, 1.807) is 0 Å². The molecule has 0 radical (unpaired) electrons. The first-order chi connectivity index (χ1) is 8.29. The van der Waals surface area contributed by atoms with Crippen LogP contribution in [0.25, 0.3) is 5.69 Å². The fourth-order valence-electron chi connectivity index (χ4n) is 1.55. The van der Waals surface area contributed by atoms with Crippen molar-refractivity contribution in [1.29, 1.82) is 0 Å². The van der Waals surface area contributed by atoms with Crippen molar-refractivity contribution < 1.29 is 9.53 Å². The molecule has 4 nitrogen and oxygen atoms in total. The minimum atomic E-state index is -0.152. The highest BCUT2D eigenvalue weighted by molar-refractivity contribution is 5.91. The number of carbonyl (C=O) groups excluding carboxylic acids is 1. The van der Waals surface area contributed by atoms with Gasteiger partial charge < -0.3 is 14.6 Å². The number of nitrogens with one attached hydrogen (secondary N) is 1. The van der Waals surface area contributed by atoms with Crippen molar-refractivity contribution in [1.82, 2.24) is 4.57 Å².